The minimum atomic E-state index is 0.216. The summed E-state index contributed by atoms with van der Waals surface area (Å²) in [6.45, 7) is 9.06. The number of hydrogen-bond acceptors (Lipinski definition) is 4. The lowest BCUT2D eigenvalue weighted by Crippen LogP contribution is -2.47. The molecule has 86 valence electrons. The van der Waals surface area contributed by atoms with Crippen LogP contribution < -0.4 is 16.4 Å². The Morgan fingerprint density at radius 2 is 1.64 bits per heavy atom. The highest BCUT2D eigenvalue weighted by molar-refractivity contribution is 4.79. The predicted octanol–water partition coefficient (Wildman–Crippen LogP) is -0.535. The number of hydrogen-bond donors (Lipinski definition) is 3. The zero-order valence-corrected chi connectivity index (χ0v) is 10.1. The SMILES string of the molecule is CN(C)C(C)(C)CNCCNCCN. The second-order valence-electron chi connectivity index (χ2n) is 4.42. The maximum Gasteiger partial charge on any atom is 0.0271 e. The van der Waals surface area contributed by atoms with Gasteiger partial charge in [0.05, 0.1) is 0 Å². The van der Waals surface area contributed by atoms with E-state index in [1.54, 1.807) is 0 Å². The third kappa shape index (κ3) is 6.32. The molecular weight excluding hydrogens is 176 g/mol. The summed E-state index contributed by atoms with van der Waals surface area (Å²) in [5.41, 5.74) is 5.58. The molecule has 0 aliphatic rings. The first kappa shape index (κ1) is 13.8. The molecule has 0 bridgehead atoms. The Labute approximate surface area is 88.2 Å². The predicted molar refractivity (Wildman–Crippen MR) is 62.6 cm³/mol. The van der Waals surface area contributed by atoms with Crippen molar-refractivity contribution < 1.29 is 0 Å². The van der Waals surface area contributed by atoms with Crippen LogP contribution in [-0.2, 0) is 0 Å². The molecule has 0 aromatic rings. The second-order valence-corrected chi connectivity index (χ2v) is 4.42. The highest BCUT2D eigenvalue weighted by atomic mass is 15.2. The van der Waals surface area contributed by atoms with Gasteiger partial charge in [-0.3, -0.25) is 0 Å². The van der Waals surface area contributed by atoms with Gasteiger partial charge < -0.3 is 21.3 Å². The summed E-state index contributed by atoms with van der Waals surface area (Å²) in [5.74, 6) is 0. The number of nitrogens with one attached hydrogen (secondary N) is 2. The first-order valence-electron chi connectivity index (χ1n) is 5.29. The molecule has 0 aliphatic heterocycles. The molecule has 4 N–H and O–H groups in total. The van der Waals surface area contributed by atoms with Crippen LogP contribution in [0.1, 0.15) is 13.8 Å². The second kappa shape index (κ2) is 7.17. The zero-order chi connectivity index (χ0) is 11.0. The summed E-state index contributed by atoms with van der Waals surface area (Å²) < 4.78 is 0. The smallest absolute Gasteiger partial charge is 0.0271 e. The van der Waals surface area contributed by atoms with Crippen molar-refractivity contribution in [3.63, 3.8) is 0 Å². The van der Waals surface area contributed by atoms with Crippen molar-refractivity contribution in [3.05, 3.63) is 0 Å². The van der Waals surface area contributed by atoms with Crippen LogP contribution in [0, 0.1) is 0 Å². The molecule has 0 aromatic carbocycles. The summed E-state index contributed by atoms with van der Waals surface area (Å²) in [4.78, 5) is 2.23. The Morgan fingerprint density at radius 1 is 1.07 bits per heavy atom. The van der Waals surface area contributed by atoms with Gasteiger partial charge in [-0.1, -0.05) is 0 Å². The van der Waals surface area contributed by atoms with E-state index in [-0.39, 0.29) is 5.54 Å². The molecule has 4 heteroatoms. The van der Waals surface area contributed by atoms with Gasteiger partial charge in [-0.2, -0.15) is 0 Å². The fraction of sp³-hybridized carbons (Fsp3) is 1.00. The Bertz CT molecular complexity index is 134. The van der Waals surface area contributed by atoms with Crippen LogP contribution in [0.4, 0.5) is 0 Å². The van der Waals surface area contributed by atoms with Gasteiger partial charge in [0.1, 0.15) is 0 Å². The van der Waals surface area contributed by atoms with Crippen molar-refractivity contribution >= 4 is 0 Å². The normalized spacial score (nSPS) is 12.4. The lowest BCUT2D eigenvalue weighted by molar-refractivity contribution is 0.190. The third-order valence-electron chi connectivity index (χ3n) is 2.57. The first-order chi connectivity index (χ1) is 6.50. The maximum absolute atomic E-state index is 5.36. The van der Waals surface area contributed by atoms with Gasteiger partial charge in [0.25, 0.3) is 0 Å². The third-order valence-corrected chi connectivity index (χ3v) is 2.57. The minimum Gasteiger partial charge on any atom is -0.329 e. The molecule has 0 fully saturated rings. The van der Waals surface area contributed by atoms with Crippen molar-refractivity contribution in [2.45, 2.75) is 19.4 Å². The summed E-state index contributed by atoms with van der Waals surface area (Å²) in [6.07, 6.45) is 0. The Morgan fingerprint density at radius 3 is 2.14 bits per heavy atom. The molecule has 0 heterocycles. The topological polar surface area (TPSA) is 53.3 Å². The average Bonchev–Trinajstić information content (AvgIpc) is 2.10. The molecule has 0 aromatic heterocycles. The van der Waals surface area contributed by atoms with E-state index in [1.165, 1.54) is 0 Å². The molecule has 0 saturated carbocycles. The van der Waals surface area contributed by atoms with Gasteiger partial charge in [0.2, 0.25) is 0 Å². The van der Waals surface area contributed by atoms with Gasteiger partial charge >= 0.3 is 0 Å². The van der Waals surface area contributed by atoms with Crippen LogP contribution in [0.3, 0.4) is 0 Å². The molecule has 0 amide bonds. The summed E-state index contributed by atoms with van der Waals surface area (Å²) >= 11 is 0. The summed E-state index contributed by atoms with van der Waals surface area (Å²) in [5, 5.41) is 6.67. The van der Waals surface area contributed by atoms with Gasteiger partial charge in [0.15, 0.2) is 0 Å². The number of nitrogens with two attached hydrogens (primary N) is 1. The lowest BCUT2D eigenvalue weighted by Gasteiger charge is -2.32. The molecule has 0 rings (SSSR count). The highest BCUT2D eigenvalue weighted by Gasteiger charge is 2.18. The molecule has 0 radical (unpaired) electrons. The number of nitrogens with zero attached hydrogens (tertiary/aromatic N) is 1. The molecule has 14 heavy (non-hydrogen) atoms. The number of likely N-dealkylation sites (N-methyl/N-ethyl adjacent to an activating group) is 1. The van der Waals surface area contributed by atoms with E-state index in [1.807, 2.05) is 0 Å². The maximum atomic E-state index is 5.36. The van der Waals surface area contributed by atoms with Crippen molar-refractivity contribution in [2.75, 3.05) is 46.8 Å². The Kier molecular flexibility index (Phi) is 7.09. The van der Waals surface area contributed by atoms with Crippen molar-refractivity contribution in [1.29, 1.82) is 0 Å². The fourth-order valence-corrected chi connectivity index (χ4v) is 0.956. The minimum absolute atomic E-state index is 0.216. The van der Waals surface area contributed by atoms with Gasteiger partial charge in [-0.15, -0.1) is 0 Å². The monoisotopic (exact) mass is 202 g/mol. The standard InChI is InChI=1S/C10H26N4/c1-10(2,14(3)4)9-13-8-7-12-6-5-11/h12-13H,5-9,11H2,1-4H3. The lowest BCUT2D eigenvalue weighted by atomic mass is 10.0. The van der Waals surface area contributed by atoms with Crippen LogP contribution in [0.25, 0.3) is 0 Å². The molecule has 0 aliphatic carbocycles. The van der Waals surface area contributed by atoms with Gasteiger partial charge in [0, 0.05) is 38.3 Å². The van der Waals surface area contributed by atoms with Crippen molar-refractivity contribution in [2.24, 2.45) is 5.73 Å². The molecule has 0 atom stereocenters. The molecule has 0 saturated heterocycles. The quantitative estimate of drug-likeness (QED) is 0.463. The van der Waals surface area contributed by atoms with E-state index in [0.717, 1.165) is 26.2 Å². The van der Waals surface area contributed by atoms with Gasteiger partial charge in [-0.25, -0.2) is 0 Å². The summed E-state index contributed by atoms with van der Waals surface area (Å²) in [7, 11) is 4.21. The van der Waals surface area contributed by atoms with E-state index >= 15 is 0 Å². The van der Waals surface area contributed by atoms with Crippen LogP contribution >= 0.6 is 0 Å². The fourth-order valence-electron chi connectivity index (χ4n) is 0.956. The molecule has 4 nitrogen and oxygen atoms in total. The van der Waals surface area contributed by atoms with E-state index in [0.29, 0.717) is 6.54 Å². The highest BCUT2D eigenvalue weighted by Crippen LogP contribution is 2.06. The first-order valence-corrected chi connectivity index (χ1v) is 5.29. The number of rotatable bonds is 8. The van der Waals surface area contributed by atoms with E-state index in [2.05, 4.69) is 43.5 Å². The van der Waals surface area contributed by atoms with E-state index < -0.39 is 0 Å². The van der Waals surface area contributed by atoms with Crippen molar-refractivity contribution in [3.8, 4) is 0 Å². The van der Waals surface area contributed by atoms with E-state index in [4.69, 9.17) is 5.73 Å². The Hall–Kier alpha value is -0.160. The molecule has 0 spiro atoms. The average molecular weight is 202 g/mol. The molecular formula is C10H26N4. The van der Waals surface area contributed by atoms with Gasteiger partial charge in [-0.05, 0) is 27.9 Å². The van der Waals surface area contributed by atoms with Crippen LogP contribution in [0.15, 0.2) is 0 Å². The van der Waals surface area contributed by atoms with E-state index in [9.17, 15) is 0 Å². The summed E-state index contributed by atoms with van der Waals surface area (Å²) in [6, 6.07) is 0. The Balaban J connectivity index is 3.35. The molecule has 0 unspecified atom stereocenters. The van der Waals surface area contributed by atoms with Crippen LogP contribution in [0.2, 0.25) is 0 Å². The van der Waals surface area contributed by atoms with Crippen LogP contribution in [-0.4, -0.2) is 57.3 Å². The zero-order valence-electron chi connectivity index (χ0n) is 10.1. The van der Waals surface area contributed by atoms with Crippen molar-refractivity contribution in [1.82, 2.24) is 15.5 Å². The van der Waals surface area contributed by atoms with Crippen LogP contribution in [0.5, 0.6) is 0 Å². The largest absolute Gasteiger partial charge is 0.329 e.